The molecule has 6 heteroatoms. The summed E-state index contributed by atoms with van der Waals surface area (Å²) in [7, 11) is 0. The number of hydrogen-bond donors (Lipinski definition) is 1. The number of anilines is 1. The molecule has 1 aliphatic rings. The zero-order valence-electron chi connectivity index (χ0n) is 14.9. The molecule has 1 atom stereocenters. The second kappa shape index (κ2) is 7.27. The maximum Gasteiger partial charge on any atom is 0.219 e. The number of fused-ring (bicyclic) bond motifs is 2. The van der Waals surface area contributed by atoms with Crippen molar-refractivity contribution in [1.29, 1.82) is 0 Å². The molecule has 27 heavy (non-hydrogen) atoms. The fraction of sp³-hybridized carbons (Fsp3) is 0.238. The predicted octanol–water partition coefficient (Wildman–Crippen LogP) is 5.04. The van der Waals surface area contributed by atoms with Crippen molar-refractivity contribution in [3.8, 4) is 0 Å². The Labute approximate surface area is 165 Å². The van der Waals surface area contributed by atoms with Crippen molar-refractivity contribution in [2.75, 3.05) is 11.9 Å². The van der Waals surface area contributed by atoms with Crippen molar-refractivity contribution in [2.45, 2.75) is 25.9 Å². The molecule has 2 heterocycles. The lowest BCUT2D eigenvalue weighted by Crippen LogP contribution is -2.28. The van der Waals surface area contributed by atoms with Gasteiger partial charge >= 0.3 is 0 Å². The van der Waals surface area contributed by atoms with Crippen LogP contribution in [0.4, 0.5) is 10.1 Å². The van der Waals surface area contributed by atoms with Gasteiger partial charge in [-0.1, -0.05) is 22.0 Å². The third-order valence-electron chi connectivity index (χ3n) is 5.01. The molecule has 1 amide bonds. The molecule has 2 aromatic carbocycles. The second-order valence-corrected chi connectivity index (χ2v) is 7.70. The molecule has 4 nitrogen and oxygen atoms in total. The second-order valence-electron chi connectivity index (χ2n) is 6.79. The van der Waals surface area contributed by atoms with Crippen LogP contribution in [0, 0.1) is 5.82 Å². The van der Waals surface area contributed by atoms with Gasteiger partial charge in [-0.25, -0.2) is 4.39 Å². The van der Waals surface area contributed by atoms with E-state index >= 15 is 0 Å². The Morgan fingerprint density at radius 1 is 1.26 bits per heavy atom. The fourth-order valence-corrected chi connectivity index (χ4v) is 3.98. The van der Waals surface area contributed by atoms with Gasteiger partial charge < -0.3 is 10.2 Å². The molecule has 1 aliphatic heterocycles. The number of rotatable bonds is 2. The number of carbonyl (C=O) groups excluding carboxylic acids is 1. The summed E-state index contributed by atoms with van der Waals surface area (Å²) in [6.45, 7) is 2.61. The lowest BCUT2D eigenvalue weighted by molar-refractivity contribution is -0.129. The Bertz CT molecular complexity index is 1020. The minimum Gasteiger partial charge on any atom is -0.378 e. The van der Waals surface area contributed by atoms with Crippen LogP contribution >= 0.6 is 15.9 Å². The molecule has 1 aromatic heterocycles. The zero-order chi connectivity index (χ0) is 19.0. The minimum absolute atomic E-state index is 0.00470. The van der Waals surface area contributed by atoms with E-state index in [0.29, 0.717) is 13.1 Å². The molecule has 0 fully saturated rings. The first-order chi connectivity index (χ1) is 13.0. The summed E-state index contributed by atoms with van der Waals surface area (Å²) in [5.41, 5.74) is 3.75. The number of nitrogens with one attached hydrogen (secondary N) is 1. The molecule has 0 saturated heterocycles. The van der Waals surface area contributed by atoms with Gasteiger partial charge in [0.2, 0.25) is 5.91 Å². The van der Waals surface area contributed by atoms with Crippen LogP contribution in [0.3, 0.4) is 0 Å². The number of aromatic nitrogens is 1. The first-order valence-corrected chi connectivity index (χ1v) is 9.65. The average Bonchev–Trinajstić information content (AvgIpc) is 2.81. The van der Waals surface area contributed by atoms with Crippen molar-refractivity contribution < 1.29 is 9.18 Å². The third-order valence-corrected chi connectivity index (χ3v) is 5.50. The number of hydrogen-bond acceptors (Lipinski definition) is 3. The Morgan fingerprint density at radius 3 is 2.93 bits per heavy atom. The van der Waals surface area contributed by atoms with E-state index in [1.807, 2.05) is 30.3 Å². The fourth-order valence-electron chi connectivity index (χ4n) is 3.63. The van der Waals surface area contributed by atoms with E-state index in [9.17, 15) is 9.18 Å². The quantitative estimate of drug-likeness (QED) is 0.622. The molecular formula is C21H19BrFN3O. The Kier molecular flexibility index (Phi) is 4.83. The highest BCUT2D eigenvalue weighted by molar-refractivity contribution is 9.10. The maximum atomic E-state index is 13.8. The highest BCUT2D eigenvalue weighted by Crippen LogP contribution is 2.33. The average molecular weight is 428 g/mol. The molecule has 3 aromatic rings. The van der Waals surface area contributed by atoms with Crippen LogP contribution in [-0.4, -0.2) is 22.3 Å². The Morgan fingerprint density at radius 2 is 2.11 bits per heavy atom. The summed E-state index contributed by atoms with van der Waals surface area (Å²) in [6.07, 6.45) is 2.53. The highest BCUT2D eigenvalue weighted by Gasteiger charge is 2.24. The number of pyridine rings is 1. The smallest absolute Gasteiger partial charge is 0.219 e. The van der Waals surface area contributed by atoms with Gasteiger partial charge in [0, 0.05) is 41.8 Å². The standard InChI is InChI=1S/C21H19BrFN3O/c1-13(27)26-9-7-20(17-5-3-16(23)10-14(17)12-26)25-19-6-8-24-21-11-15(22)2-4-18(19)21/h2-6,8,10-11,20H,7,9,12H2,1H3,(H,24,25). The molecule has 1 N–H and O–H groups in total. The van der Waals surface area contributed by atoms with Gasteiger partial charge in [-0.15, -0.1) is 0 Å². The van der Waals surface area contributed by atoms with E-state index in [-0.39, 0.29) is 17.8 Å². The van der Waals surface area contributed by atoms with Gasteiger partial charge in [-0.05, 0) is 53.9 Å². The number of benzene rings is 2. The van der Waals surface area contributed by atoms with Crippen LogP contribution < -0.4 is 5.32 Å². The van der Waals surface area contributed by atoms with E-state index in [4.69, 9.17) is 0 Å². The summed E-state index contributed by atoms with van der Waals surface area (Å²) < 4.78 is 14.8. The molecule has 0 radical (unpaired) electrons. The summed E-state index contributed by atoms with van der Waals surface area (Å²) in [5.74, 6) is -0.276. The number of halogens is 2. The maximum absolute atomic E-state index is 13.8. The van der Waals surface area contributed by atoms with Crippen LogP contribution in [0.1, 0.15) is 30.5 Å². The molecule has 1 unspecified atom stereocenters. The van der Waals surface area contributed by atoms with E-state index in [0.717, 1.165) is 38.6 Å². The molecule has 0 aliphatic carbocycles. The van der Waals surface area contributed by atoms with Crippen LogP contribution in [0.5, 0.6) is 0 Å². The lowest BCUT2D eigenvalue weighted by atomic mass is 9.98. The largest absolute Gasteiger partial charge is 0.378 e. The van der Waals surface area contributed by atoms with E-state index in [2.05, 4.69) is 26.2 Å². The Balaban J connectivity index is 1.73. The third kappa shape index (κ3) is 3.67. The molecule has 0 saturated carbocycles. The van der Waals surface area contributed by atoms with Gasteiger partial charge in [0.25, 0.3) is 0 Å². The summed E-state index contributed by atoms with van der Waals surface area (Å²) in [5, 5.41) is 4.63. The number of nitrogens with zero attached hydrogens (tertiary/aromatic N) is 2. The highest BCUT2D eigenvalue weighted by atomic mass is 79.9. The summed E-state index contributed by atoms with van der Waals surface area (Å²) >= 11 is 3.48. The van der Waals surface area contributed by atoms with Crippen molar-refractivity contribution >= 4 is 38.4 Å². The predicted molar refractivity (Wildman–Crippen MR) is 108 cm³/mol. The molecule has 0 spiro atoms. The first kappa shape index (κ1) is 17.9. The summed E-state index contributed by atoms with van der Waals surface area (Å²) in [6, 6.07) is 12.8. The monoisotopic (exact) mass is 427 g/mol. The normalized spacial score (nSPS) is 16.7. The topological polar surface area (TPSA) is 45.2 Å². The van der Waals surface area contributed by atoms with Crippen molar-refractivity contribution in [2.24, 2.45) is 0 Å². The molecule has 4 rings (SSSR count). The van der Waals surface area contributed by atoms with Crippen molar-refractivity contribution in [1.82, 2.24) is 9.88 Å². The molecular weight excluding hydrogens is 409 g/mol. The number of amides is 1. The van der Waals surface area contributed by atoms with Crippen LogP contribution in [0.25, 0.3) is 10.9 Å². The van der Waals surface area contributed by atoms with E-state index in [1.165, 1.54) is 12.1 Å². The molecule has 0 bridgehead atoms. The lowest BCUT2D eigenvalue weighted by Gasteiger charge is -2.21. The minimum atomic E-state index is -0.280. The van der Waals surface area contributed by atoms with Crippen LogP contribution in [-0.2, 0) is 11.3 Å². The van der Waals surface area contributed by atoms with Crippen LogP contribution in [0.2, 0.25) is 0 Å². The van der Waals surface area contributed by atoms with E-state index < -0.39 is 0 Å². The summed E-state index contributed by atoms with van der Waals surface area (Å²) in [4.78, 5) is 18.1. The molecule has 138 valence electrons. The first-order valence-electron chi connectivity index (χ1n) is 8.86. The van der Waals surface area contributed by atoms with Crippen molar-refractivity contribution in [3.05, 3.63) is 70.1 Å². The number of carbonyl (C=O) groups is 1. The van der Waals surface area contributed by atoms with Gasteiger partial charge in [-0.3, -0.25) is 9.78 Å². The SMILES string of the molecule is CC(=O)N1CCC(Nc2ccnc3cc(Br)ccc23)c2ccc(F)cc2C1. The van der Waals surface area contributed by atoms with Gasteiger partial charge in [0.15, 0.2) is 0 Å². The van der Waals surface area contributed by atoms with Gasteiger partial charge in [-0.2, -0.15) is 0 Å². The van der Waals surface area contributed by atoms with E-state index in [1.54, 1.807) is 18.0 Å². The van der Waals surface area contributed by atoms with Crippen LogP contribution in [0.15, 0.2) is 53.1 Å². The van der Waals surface area contributed by atoms with Gasteiger partial charge in [0.1, 0.15) is 5.82 Å². The zero-order valence-corrected chi connectivity index (χ0v) is 16.5. The Hall–Kier alpha value is -2.47. The van der Waals surface area contributed by atoms with Gasteiger partial charge in [0.05, 0.1) is 11.6 Å². The van der Waals surface area contributed by atoms with Crippen molar-refractivity contribution in [3.63, 3.8) is 0 Å².